The fourth-order valence-electron chi connectivity index (χ4n) is 3.30. The molecule has 3 aromatic carbocycles. The van der Waals surface area contributed by atoms with Gasteiger partial charge < -0.3 is 0 Å². The molecule has 0 bridgehead atoms. The highest BCUT2D eigenvalue weighted by Crippen LogP contribution is 2.30. The van der Waals surface area contributed by atoms with Crippen molar-refractivity contribution in [3.05, 3.63) is 89.5 Å². The molecule has 0 radical (unpaired) electrons. The summed E-state index contributed by atoms with van der Waals surface area (Å²) < 4.78 is 0. The number of benzene rings is 3. The van der Waals surface area contributed by atoms with Gasteiger partial charge in [0.1, 0.15) is 5.01 Å². The minimum atomic E-state index is -0.291. The van der Waals surface area contributed by atoms with Gasteiger partial charge in [0.15, 0.2) is 0 Å². The standard InChI is InChI=1S/C25H20N4OS/c1-16(2)17-11-13-18(14-12-17)24-28-29-25(31-24)27-23(30)22-10-6-5-9-21(22)20-8-4-3-7-19(20)15-26/h3-14,16H,1-2H3,(H,27,29,30). The normalized spacial score (nSPS) is 10.6. The molecule has 4 aromatic rings. The molecule has 0 aliphatic carbocycles. The molecule has 0 saturated heterocycles. The summed E-state index contributed by atoms with van der Waals surface area (Å²) in [7, 11) is 0. The average Bonchev–Trinajstić information content (AvgIpc) is 3.27. The quantitative estimate of drug-likeness (QED) is 0.419. The van der Waals surface area contributed by atoms with Crippen molar-refractivity contribution in [2.24, 2.45) is 0 Å². The van der Waals surface area contributed by atoms with Crippen LogP contribution in [0.25, 0.3) is 21.7 Å². The number of amides is 1. The van der Waals surface area contributed by atoms with E-state index in [1.165, 1.54) is 16.9 Å². The molecule has 4 rings (SSSR count). The van der Waals surface area contributed by atoms with Crippen molar-refractivity contribution in [1.82, 2.24) is 10.2 Å². The van der Waals surface area contributed by atoms with Crippen LogP contribution >= 0.6 is 11.3 Å². The molecule has 5 nitrogen and oxygen atoms in total. The van der Waals surface area contributed by atoms with Crippen molar-refractivity contribution < 1.29 is 4.79 Å². The van der Waals surface area contributed by atoms with E-state index in [9.17, 15) is 10.1 Å². The third-order valence-corrected chi connectivity index (χ3v) is 5.87. The molecular formula is C25H20N4OS. The number of hydrogen-bond donors (Lipinski definition) is 1. The maximum absolute atomic E-state index is 13.0. The van der Waals surface area contributed by atoms with E-state index in [4.69, 9.17) is 0 Å². The molecule has 1 aromatic heterocycles. The second kappa shape index (κ2) is 8.90. The monoisotopic (exact) mass is 424 g/mol. The summed E-state index contributed by atoms with van der Waals surface area (Å²) in [4.78, 5) is 13.0. The Hall–Kier alpha value is -3.82. The van der Waals surface area contributed by atoms with Crippen LogP contribution in [0.2, 0.25) is 0 Å². The number of nitriles is 1. The predicted molar refractivity (Wildman–Crippen MR) is 124 cm³/mol. The summed E-state index contributed by atoms with van der Waals surface area (Å²) in [5, 5.41) is 21.8. The average molecular weight is 425 g/mol. The zero-order chi connectivity index (χ0) is 21.8. The van der Waals surface area contributed by atoms with E-state index in [1.54, 1.807) is 24.3 Å². The van der Waals surface area contributed by atoms with Crippen LogP contribution in [-0.2, 0) is 0 Å². The van der Waals surface area contributed by atoms with E-state index in [0.717, 1.165) is 16.1 Å². The molecule has 1 heterocycles. The highest BCUT2D eigenvalue weighted by atomic mass is 32.1. The van der Waals surface area contributed by atoms with Crippen LogP contribution in [0.5, 0.6) is 0 Å². The Morgan fingerprint density at radius 3 is 2.32 bits per heavy atom. The Morgan fingerprint density at radius 2 is 1.61 bits per heavy atom. The molecule has 1 N–H and O–H groups in total. The molecule has 6 heteroatoms. The largest absolute Gasteiger partial charge is 0.296 e. The first kappa shape index (κ1) is 20.5. The van der Waals surface area contributed by atoms with Gasteiger partial charge in [0.25, 0.3) is 5.91 Å². The fraction of sp³-hybridized carbons (Fsp3) is 0.120. The lowest BCUT2D eigenvalue weighted by molar-refractivity contribution is 0.102. The van der Waals surface area contributed by atoms with Crippen molar-refractivity contribution in [2.75, 3.05) is 5.32 Å². The minimum Gasteiger partial charge on any atom is -0.296 e. The first-order chi connectivity index (χ1) is 15.1. The maximum Gasteiger partial charge on any atom is 0.258 e. The summed E-state index contributed by atoms with van der Waals surface area (Å²) in [6.07, 6.45) is 0. The molecule has 0 aliphatic heterocycles. The second-order valence-corrected chi connectivity index (χ2v) is 8.32. The third kappa shape index (κ3) is 4.37. The van der Waals surface area contributed by atoms with Gasteiger partial charge in [-0.3, -0.25) is 10.1 Å². The van der Waals surface area contributed by atoms with Crippen molar-refractivity contribution in [1.29, 1.82) is 5.26 Å². The molecule has 0 unspecified atom stereocenters. The lowest BCUT2D eigenvalue weighted by atomic mass is 9.95. The highest BCUT2D eigenvalue weighted by molar-refractivity contribution is 7.18. The molecular weight excluding hydrogens is 404 g/mol. The summed E-state index contributed by atoms with van der Waals surface area (Å²) in [5.41, 5.74) is 4.64. The predicted octanol–water partition coefficient (Wildman–Crippen LogP) is 6.12. The van der Waals surface area contributed by atoms with Crippen molar-refractivity contribution >= 4 is 22.4 Å². The molecule has 0 spiro atoms. The SMILES string of the molecule is CC(C)c1ccc(-c2nnc(NC(=O)c3ccccc3-c3ccccc3C#N)s2)cc1. The van der Waals surface area contributed by atoms with E-state index in [0.29, 0.717) is 27.7 Å². The Bertz CT molecular complexity index is 1270. The molecule has 0 aliphatic rings. The van der Waals surface area contributed by atoms with Crippen LogP contribution in [0, 0.1) is 11.3 Å². The minimum absolute atomic E-state index is 0.291. The van der Waals surface area contributed by atoms with Gasteiger partial charge in [-0.25, -0.2) is 0 Å². The van der Waals surface area contributed by atoms with E-state index >= 15 is 0 Å². The Morgan fingerprint density at radius 1 is 0.935 bits per heavy atom. The van der Waals surface area contributed by atoms with Gasteiger partial charge in [-0.05, 0) is 29.2 Å². The van der Waals surface area contributed by atoms with E-state index in [-0.39, 0.29) is 5.91 Å². The van der Waals surface area contributed by atoms with Crippen LogP contribution in [0.4, 0.5) is 5.13 Å². The first-order valence-corrected chi connectivity index (χ1v) is 10.7. The van der Waals surface area contributed by atoms with E-state index in [1.807, 2.05) is 36.4 Å². The summed E-state index contributed by atoms with van der Waals surface area (Å²) in [5.74, 6) is 0.172. The van der Waals surface area contributed by atoms with Gasteiger partial charge in [0.2, 0.25) is 5.13 Å². The fourth-order valence-corrected chi connectivity index (χ4v) is 4.04. The molecule has 0 saturated carbocycles. The third-order valence-electron chi connectivity index (χ3n) is 4.98. The molecule has 152 valence electrons. The molecule has 0 atom stereocenters. The van der Waals surface area contributed by atoms with Gasteiger partial charge in [0.05, 0.1) is 11.6 Å². The topological polar surface area (TPSA) is 78.7 Å². The number of aromatic nitrogens is 2. The molecule has 31 heavy (non-hydrogen) atoms. The Labute approximate surface area is 185 Å². The highest BCUT2D eigenvalue weighted by Gasteiger charge is 2.17. The summed E-state index contributed by atoms with van der Waals surface area (Å²) in [6.45, 7) is 4.31. The Balaban J connectivity index is 1.59. The molecule has 1 amide bonds. The van der Waals surface area contributed by atoms with Crippen LogP contribution in [-0.4, -0.2) is 16.1 Å². The molecule has 0 fully saturated rings. The van der Waals surface area contributed by atoms with Gasteiger partial charge >= 0.3 is 0 Å². The zero-order valence-corrected chi connectivity index (χ0v) is 18.0. The van der Waals surface area contributed by atoms with Gasteiger partial charge in [-0.15, -0.1) is 10.2 Å². The number of hydrogen-bond acceptors (Lipinski definition) is 5. The summed E-state index contributed by atoms with van der Waals surface area (Å²) >= 11 is 1.33. The Kier molecular flexibility index (Phi) is 5.87. The van der Waals surface area contributed by atoms with Crippen molar-refractivity contribution in [3.8, 4) is 27.8 Å². The van der Waals surface area contributed by atoms with Crippen LogP contribution < -0.4 is 5.32 Å². The smallest absolute Gasteiger partial charge is 0.258 e. The van der Waals surface area contributed by atoms with Crippen LogP contribution in [0.3, 0.4) is 0 Å². The van der Waals surface area contributed by atoms with Crippen LogP contribution in [0.15, 0.2) is 72.8 Å². The zero-order valence-electron chi connectivity index (χ0n) is 17.2. The van der Waals surface area contributed by atoms with E-state index in [2.05, 4.69) is 47.6 Å². The van der Waals surface area contributed by atoms with Crippen molar-refractivity contribution in [2.45, 2.75) is 19.8 Å². The number of nitrogens with one attached hydrogen (secondary N) is 1. The second-order valence-electron chi connectivity index (χ2n) is 7.35. The van der Waals surface area contributed by atoms with E-state index < -0.39 is 0 Å². The van der Waals surface area contributed by atoms with Crippen molar-refractivity contribution in [3.63, 3.8) is 0 Å². The first-order valence-electron chi connectivity index (χ1n) is 9.90. The number of nitrogens with zero attached hydrogens (tertiary/aromatic N) is 3. The number of anilines is 1. The number of carbonyl (C=O) groups excluding carboxylic acids is 1. The van der Waals surface area contributed by atoms with Gasteiger partial charge in [-0.1, -0.05) is 85.8 Å². The maximum atomic E-state index is 13.0. The lowest BCUT2D eigenvalue weighted by Gasteiger charge is -2.10. The van der Waals surface area contributed by atoms with Gasteiger partial charge in [0, 0.05) is 16.7 Å². The van der Waals surface area contributed by atoms with Crippen LogP contribution in [0.1, 0.15) is 41.3 Å². The lowest BCUT2D eigenvalue weighted by Crippen LogP contribution is -2.13. The van der Waals surface area contributed by atoms with Gasteiger partial charge in [-0.2, -0.15) is 5.26 Å². The number of rotatable bonds is 5. The number of carbonyl (C=O) groups is 1. The summed E-state index contributed by atoms with van der Waals surface area (Å²) in [6, 6.07) is 24.9.